The number of carbonyl (C=O) groups is 1. The summed E-state index contributed by atoms with van der Waals surface area (Å²) in [5.74, 6) is 1.73. The third kappa shape index (κ3) is 3.08. The lowest BCUT2D eigenvalue weighted by atomic mass is 10.2. The van der Waals surface area contributed by atoms with Crippen LogP contribution in [-0.4, -0.2) is 20.8 Å². The van der Waals surface area contributed by atoms with Gasteiger partial charge in [-0.05, 0) is 26.0 Å². The summed E-state index contributed by atoms with van der Waals surface area (Å²) < 4.78 is 12.0. The molecular weight excluding hydrogens is 284 g/mol. The average molecular weight is 300 g/mol. The minimum absolute atomic E-state index is 0.169. The highest BCUT2D eigenvalue weighted by molar-refractivity contribution is 5.90. The normalized spacial score (nSPS) is 10.8. The van der Waals surface area contributed by atoms with Crippen molar-refractivity contribution in [3.05, 3.63) is 53.4 Å². The Hall–Kier alpha value is -2.83. The van der Waals surface area contributed by atoms with Gasteiger partial charge in [-0.15, -0.1) is 0 Å². The maximum atomic E-state index is 11.9. The first kappa shape index (κ1) is 14.1. The van der Waals surface area contributed by atoms with Gasteiger partial charge in [-0.1, -0.05) is 5.16 Å². The molecule has 0 aliphatic carbocycles. The molecule has 0 aromatic carbocycles. The monoisotopic (exact) mass is 300 g/mol. The SMILES string of the molecule is Cc1noc(C)c1Cn1ccc(NC(=O)Cc2ccco2)n1. The summed E-state index contributed by atoms with van der Waals surface area (Å²) in [4.78, 5) is 11.9. The van der Waals surface area contributed by atoms with Gasteiger partial charge in [0, 0.05) is 17.8 Å². The Morgan fingerprint density at radius 3 is 2.91 bits per heavy atom. The zero-order valence-electron chi connectivity index (χ0n) is 12.4. The summed E-state index contributed by atoms with van der Waals surface area (Å²) in [6.45, 7) is 4.31. The average Bonchev–Trinajstić information content (AvgIpc) is 3.19. The fraction of sp³-hybridized carbons (Fsp3) is 0.267. The molecule has 1 N–H and O–H groups in total. The molecule has 7 heteroatoms. The molecule has 1 amide bonds. The third-order valence-electron chi connectivity index (χ3n) is 3.32. The second-order valence-electron chi connectivity index (χ2n) is 5.01. The molecule has 0 fully saturated rings. The van der Waals surface area contributed by atoms with Crippen LogP contribution < -0.4 is 5.32 Å². The van der Waals surface area contributed by atoms with Gasteiger partial charge in [0.05, 0.1) is 24.9 Å². The van der Waals surface area contributed by atoms with E-state index in [4.69, 9.17) is 8.94 Å². The topological polar surface area (TPSA) is 86.1 Å². The lowest BCUT2D eigenvalue weighted by Crippen LogP contribution is -2.14. The highest BCUT2D eigenvalue weighted by atomic mass is 16.5. The zero-order valence-corrected chi connectivity index (χ0v) is 12.4. The smallest absolute Gasteiger partial charge is 0.233 e. The Labute approximate surface area is 126 Å². The summed E-state index contributed by atoms with van der Waals surface area (Å²) in [6, 6.07) is 5.26. The van der Waals surface area contributed by atoms with Crippen molar-refractivity contribution in [3.8, 4) is 0 Å². The van der Waals surface area contributed by atoms with Crippen molar-refractivity contribution in [2.75, 3.05) is 5.32 Å². The van der Waals surface area contributed by atoms with Gasteiger partial charge in [-0.3, -0.25) is 9.48 Å². The van der Waals surface area contributed by atoms with Crippen LogP contribution in [0.5, 0.6) is 0 Å². The predicted octanol–water partition coefficient (Wildman–Crippen LogP) is 2.31. The van der Waals surface area contributed by atoms with Crippen LogP contribution in [0.15, 0.2) is 39.6 Å². The number of aryl methyl sites for hydroxylation is 2. The molecule has 0 unspecified atom stereocenters. The van der Waals surface area contributed by atoms with E-state index in [0.29, 0.717) is 18.1 Å². The molecule has 22 heavy (non-hydrogen) atoms. The highest BCUT2D eigenvalue weighted by Crippen LogP contribution is 2.14. The lowest BCUT2D eigenvalue weighted by molar-refractivity contribution is -0.115. The molecule has 0 saturated heterocycles. The second-order valence-corrected chi connectivity index (χ2v) is 5.01. The van der Waals surface area contributed by atoms with Crippen molar-refractivity contribution >= 4 is 11.7 Å². The number of amides is 1. The van der Waals surface area contributed by atoms with E-state index in [-0.39, 0.29) is 12.3 Å². The van der Waals surface area contributed by atoms with Crippen LogP contribution in [0.3, 0.4) is 0 Å². The third-order valence-corrected chi connectivity index (χ3v) is 3.32. The number of hydrogen-bond acceptors (Lipinski definition) is 5. The van der Waals surface area contributed by atoms with Crippen LogP contribution in [0, 0.1) is 13.8 Å². The van der Waals surface area contributed by atoms with E-state index in [2.05, 4.69) is 15.6 Å². The first-order chi connectivity index (χ1) is 10.6. The number of rotatable bonds is 5. The number of hydrogen-bond donors (Lipinski definition) is 1. The van der Waals surface area contributed by atoms with Crippen LogP contribution in [0.2, 0.25) is 0 Å². The first-order valence-electron chi connectivity index (χ1n) is 6.89. The Morgan fingerprint density at radius 2 is 2.23 bits per heavy atom. The number of carbonyl (C=O) groups excluding carboxylic acids is 1. The number of aromatic nitrogens is 3. The molecule has 114 valence electrons. The molecule has 0 bridgehead atoms. The van der Waals surface area contributed by atoms with Crippen molar-refractivity contribution in [2.24, 2.45) is 0 Å². The van der Waals surface area contributed by atoms with Gasteiger partial charge in [0.1, 0.15) is 11.5 Å². The number of nitrogens with zero attached hydrogens (tertiary/aromatic N) is 3. The molecule has 3 aromatic heterocycles. The van der Waals surface area contributed by atoms with Crippen molar-refractivity contribution in [1.82, 2.24) is 14.9 Å². The molecule has 3 aromatic rings. The van der Waals surface area contributed by atoms with Gasteiger partial charge in [0.2, 0.25) is 5.91 Å². The van der Waals surface area contributed by atoms with Crippen molar-refractivity contribution < 1.29 is 13.7 Å². The number of furan rings is 1. The van der Waals surface area contributed by atoms with E-state index in [1.54, 1.807) is 35.3 Å². The van der Waals surface area contributed by atoms with Gasteiger partial charge in [-0.2, -0.15) is 5.10 Å². The summed E-state index contributed by atoms with van der Waals surface area (Å²) in [6.07, 6.45) is 3.53. The molecule has 0 spiro atoms. The zero-order chi connectivity index (χ0) is 15.5. The Bertz CT molecular complexity index is 751. The van der Waals surface area contributed by atoms with E-state index in [9.17, 15) is 4.79 Å². The summed E-state index contributed by atoms with van der Waals surface area (Å²) in [5.41, 5.74) is 1.84. The fourth-order valence-corrected chi connectivity index (χ4v) is 2.16. The molecule has 0 atom stereocenters. The molecule has 0 radical (unpaired) electrons. The Morgan fingerprint density at radius 1 is 1.36 bits per heavy atom. The van der Waals surface area contributed by atoms with Gasteiger partial charge in [-0.25, -0.2) is 0 Å². The van der Waals surface area contributed by atoms with Gasteiger partial charge >= 0.3 is 0 Å². The van der Waals surface area contributed by atoms with Crippen LogP contribution in [0.1, 0.15) is 22.8 Å². The predicted molar refractivity (Wildman–Crippen MR) is 78.3 cm³/mol. The minimum Gasteiger partial charge on any atom is -0.469 e. The summed E-state index contributed by atoms with van der Waals surface area (Å²) >= 11 is 0. The lowest BCUT2D eigenvalue weighted by Gasteiger charge is -2.02. The molecular formula is C15H16N4O3. The van der Waals surface area contributed by atoms with E-state index < -0.39 is 0 Å². The largest absolute Gasteiger partial charge is 0.469 e. The second kappa shape index (κ2) is 5.88. The first-order valence-corrected chi connectivity index (χ1v) is 6.89. The molecule has 3 heterocycles. The minimum atomic E-state index is -0.169. The molecule has 0 aliphatic rings. The number of anilines is 1. The molecule has 0 aliphatic heterocycles. The molecule has 7 nitrogen and oxygen atoms in total. The van der Waals surface area contributed by atoms with E-state index in [0.717, 1.165) is 17.0 Å². The summed E-state index contributed by atoms with van der Waals surface area (Å²) in [5, 5.41) is 11.0. The number of nitrogens with one attached hydrogen (secondary N) is 1. The van der Waals surface area contributed by atoms with E-state index >= 15 is 0 Å². The van der Waals surface area contributed by atoms with Gasteiger partial charge in [0.15, 0.2) is 5.82 Å². The maximum Gasteiger partial charge on any atom is 0.233 e. The van der Waals surface area contributed by atoms with Crippen molar-refractivity contribution in [3.63, 3.8) is 0 Å². The van der Waals surface area contributed by atoms with Crippen molar-refractivity contribution in [1.29, 1.82) is 0 Å². The fourth-order valence-electron chi connectivity index (χ4n) is 2.16. The van der Waals surface area contributed by atoms with Gasteiger partial charge < -0.3 is 14.3 Å². The van der Waals surface area contributed by atoms with Crippen LogP contribution >= 0.6 is 0 Å². The van der Waals surface area contributed by atoms with Crippen LogP contribution in [-0.2, 0) is 17.8 Å². The Balaban J connectivity index is 1.63. The van der Waals surface area contributed by atoms with Crippen molar-refractivity contribution in [2.45, 2.75) is 26.8 Å². The van der Waals surface area contributed by atoms with Gasteiger partial charge in [0.25, 0.3) is 0 Å². The van der Waals surface area contributed by atoms with E-state index in [1.165, 1.54) is 0 Å². The van der Waals surface area contributed by atoms with Crippen LogP contribution in [0.4, 0.5) is 5.82 Å². The molecule has 0 saturated carbocycles. The standard InChI is InChI=1S/C15H16N4O3/c1-10-13(11(2)22-18-10)9-19-6-5-14(17-19)16-15(20)8-12-4-3-7-21-12/h3-7H,8-9H2,1-2H3,(H,16,17,20). The highest BCUT2D eigenvalue weighted by Gasteiger charge is 2.11. The van der Waals surface area contributed by atoms with Crippen LogP contribution in [0.25, 0.3) is 0 Å². The quantitative estimate of drug-likeness (QED) is 0.781. The maximum absolute atomic E-state index is 11.9. The summed E-state index contributed by atoms with van der Waals surface area (Å²) in [7, 11) is 0. The van der Waals surface area contributed by atoms with E-state index in [1.807, 2.05) is 13.8 Å². The molecule has 3 rings (SSSR count). The Kier molecular flexibility index (Phi) is 3.78.